The molecule has 166 valence electrons. The molecule has 32 heavy (non-hydrogen) atoms. The van der Waals surface area contributed by atoms with Crippen LogP contribution < -0.4 is 0 Å². The van der Waals surface area contributed by atoms with Gasteiger partial charge in [-0.15, -0.1) is 0 Å². The lowest BCUT2D eigenvalue weighted by molar-refractivity contribution is -0.149. The van der Waals surface area contributed by atoms with E-state index in [0.717, 1.165) is 12.0 Å². The van der Waals surface area contributed by atoms with Crippen LogP contribution in [0.15, 0.2) is 54.6 Å². The van der Waals surface area contributed by atoms with Gasteiger partial charge in [-0.1, -0.05) is 47.5 Å². The van der Waals surface area contributed by atoms with Crippen molar-refractivity contribution in [2.24, 2.45) is 5.92 Å². The van der Waals surface area contributed by atoms with Gasteiger partial charge in [-0.2, -0.15) is 5.10 Å². The van der Waals surface area contributed by atoms with E-state index in [2.05, 4.69) is 5.10 Å². The number of carbonyl (C=O) groups excluding carboxylic acids is 2. The highest BCUT2D eigenvalue weighted by Crippen LogP contribution is 2.30. The first-order valence-electron chi connectivity index (χ1n) is 10.5. The van der Waals surface area contributed by atoms with Crippen molar-refractivity contribution in [3.8, 4) is 16.9 Å². The highest BCUT2D eigenvalue weighted by atomic mass is 35.5. The zero-order valence-electron chi connectivity index (χ0n) is 17.6. The van der Waals surface area contributed by atoms with Crippen molar-refractivity contribution < 1.29 is 14.3 Å². The number of hydrogen-bond donors (Lipinski definition) is 0. The van der Waals surface area contributed by atoms with E-state index in [9.17, 15) is 9.59 Å². The number of benzene rings is 2. The summed E-state index contributed by atoms with van der Waals surface area (Å²) in [5, 5.41) is 5.77. The molecule has 4 rings (SSSR count). The summed E-state index contributed by atoms with van der Waals surface area (Å²) in [7, 11) is 0. The van der Waals surface area contributed by atoms with Gasteiger partial charge >= 0.3 is 5.97 Å². The molecule has 1 aliphatic heterocycles. The second-order valence-electron chi connectivity index (χ2n) is 7.63. The van der Waals surface area contributed by atoms with Crippen molar-refractivity contribution in [2.45, 2.75) is 19.8 Å². The Bertz CT molecular complexity index is 1150. The fraction of sp³-hybridized carbons (Fsp3) is 0.292. The van der Waals surface area contributed by atoms with Crippen molar-refractivity contribution in [3.63, 3.8) is 0 Å². The van der Waals surface area contributed by atoms with E-state index in [-0.39, 0.29) is 17.8 Å². The molecule has 0 spiro atoms. The first-order valence-corrected chi connectivity index (χ1v) is 11.3. The van der Waals surface area contributed by atoms with Crippen LogP contribution >= 0.6 is 23.2 Å². The number of halogens is 2. The molecule has 1 saturated heterocycles. The molecule has 8 heteroatoms. The Morgan fingerprint density at radius 2 is 1.94 bits per heavy atom. The fourth-order valence-corrected chi connectivity index (χ4v) is 4.33. The molecule has 1 fully saturated rings. The first-order chi connectivity index (χ1) is 15.5. The number of amides is 1. The van der Waals surface area contributed by atoms with Crippen LogP contribution in [0.2, 0.25) is 10.0 Å². The van der Waals surface area contributed by atoms with Crippen LogP contribution in [0, 0.1) is 5.92 Å². The number of piperidine rings is 1. The highest BCUT2D eigenvalue weighted by Gasteiger charge is 2.31. The van der Waals surface area contributed by atoms with Gasteiger partial charge in [0.05, 0.1) is 28.9 Å². The maximum Gasteiger partial charge on any atom is 0.310 e. The van der Waals surface area contributed by atoms with Gasteiger partial charge in [0, 0.05) is 23.7 Å². The van der Waals surface area contributed by atoms with Crippen LogP contribution in [-0.2, 0) is 9.53 Å². The number of ether oxygens (including phenoxy) is 1. The second-order valence-corrected chi connectivity index (χ2v) is 8.47. The Morgan fingerprint density at radius 1 is 1.12 bits per heavy atom. The number of likely N-dealkylation sites (tertiary alicyclic amines) is 1. The van der Waals surface area contributed by atoms with E-state index >= 15 is 0 Å². The summed E-state index contributed by atoms with van der Waals surface area (Å²) in [6.07, 6.45) is 1.44. The summed E-state index contributed by atoms with van der Waals surface area (Å²) >= 11 is 12.6. The van der Waals surface area contributed by atoms with Gasteiger partial charge in [-0.3, -0.25) is 9.59 Å². The van der Waals surface area contributed by atoms with Gasteiger partial charge in [-0.05, 0) is 50.1 Å². The monoisotopic (exact) mass is 471 g/mol. The maximum absolute atomic E-state index is 13.6. The molecule has 0 radical (unpaired) electrons. The molecule has 1 aromatic heterocycles. The van der Waals surface area contributed by atoms with E-state index in [4.69, 9.17) is 27.9 Å². The number of esters is 1. The van der Waals surface area contributed by atoms with Crippen LogP contribution in [0.25, 0.3) is 16.9 Å². The third kappa shape index (κ3) is 4.66. The Morgan fingerprint density at radius 3 is 2.69 bits per heavy atom. The molecule has 3 aromatic rings. The summed E-state index contributed by atoms with van der Waals surface area (Å²) in [6, 6.07) is 16.2. The molecule has 0 bridgehead atoms. The number of rotatable bonds is 5. The first kappa shape index (κ1) is 22.4. The van der Waals surface area contributed by atoms with E-state index in [1.807, 2.05) is 24.3 Å². The largest absolute Gasteiger partial charge is 0.466 e. The Hall–Kier alpha value is -2.83. The summed E-state index contributed by atoms with van der Waals surface area (Å²) in [5.74, 6) is -0.784. The summed E-state index contributed by atoms with van der Waals surface area (Å²) in [5.41, 5.74) is 2.36. The molecular formula is C24H23Cl2N3O3. The quantitative estimate of drug-likeness (QED) is 0.475. The smallest absolute Gasteiger partial charge is 0.310 e. The standard InChI is InChI=1S/C24H23Cl2N3O3/c1-2-32-24(31)16-7-6-12-28(15-16)23(30)22-14-21(19-10-3-4-11-20(19)26)27-29(22)18-9-5-8-17(25)13-18/h3-5,8-11,13-14,16H,2,6-7,12,15H2,1H3. The predicted molar refractivity (Wildman–Crippen MR) is 124 cm³/mol. The van der Waals surface area contributed by atoms with Gasteiger partial charge < -0.3 is 9.64 Å². The minimum absolute atomic E-state index is 0.204. The van der Waals surface area contributed by atoms with E-state index in [0.29, 0.717) is 53.2 Å². The molecule has 0 aliphatic carbocycles. The predicted octanol–water partition coefficient (Wildman–Crippen LogP) is 5.26. The van der Waals surface area contributed by atoms with Crippen molar-refractivity contribution >= 4 is 35.1 Å². The van der Waals surface area contributed by atoms with E-state index in [1.54, 1.807) is 46.8 Å². The van der Waals surface area contributed by atoms with Gasteiger partial charge in [0.25, 0.3) is 5.91 Å². The Kier molecular flexibility index (Phi) is 6.82. The molecular weight excluding hydrogens is 449 g/mol. The minimum Gasteiger partial charge on any atom is -0.466 e. The van der Waals surface area contributed by atoms with Crippen LogP contribution in [0.1, 0.15) is 30.3 Å². The van der Waals surface area contributed by atoms with Gasteiger partial charge in [0.2, 0.25) is 0 Å². The molecule has 6 nitrogen and oxygen atoms in total. The Labute approximate surface area is 196 Å². The van der Waals surface area contributed by atoms with Crippen molar-refractivity contribution in [1.82, 2.24) is 14.7 Å². The lowest BCUT2D eigenvalue weighted by atomic mass is 9.98. The van der Waals surface area contributed by atoms with Gasteiger partial charge in [-0.25, -0.2) is 4.68 Å². The van der Waals surface area contributed by atoms with E-state index < -0.39 is 0 Å². The summed E-state index contributed by atoms with van der Waals surface area (Å²) < 4.78 is 6.76. The van der Waals surface area contributed by atoms with Crippen LogP contribution in [0.4, 0.5) is 0 Å². The zero-order valence-corrected chi connectivity index (χ0v) is 19.1. The third-order valence-corrected chi connectivity index (χ3v) is 6.02. The number of hydrogen-bond acceptors (Lipinski definition) is 4. The molecule has 1 atom stereocenters. The fourth-order valence-electron chi connectivity index (χ4n) is 3.91. The number of nitrogens with zero attached hydrogens (tertiary/aromatic N) is 3. The molecule has 0 N–H and O–H groups in total. The SMILES string of the molecule is CCOC(=O)C1CCCN(C(=O)c2cc(-c3ccccc3Cl)nn2-c2cccc(Cl)c2)C1. The minimum atomic E-state index is -0.321. The molecule has 1 amide bonds. The molecule has 0 saturated carbocycles. The lowest BCUT2D eigenvalue weighted by Gasteiger charge is -2.31. The van der Waals surface area contributed by atoms with Crippen LogP contribution in [-0.4, -0.2) is 46.3 Å². The van der Waals surface area contributed by atoms with Crippen molar-refractivity contribution in [2.75, 3.05) is 19.7 Å². The van der Waals surface area contributed by atoms with Crippen LogP contribution in [0.5, 0.6) is 0 Å². The summed E-state index contributed by atoms with van der Waals surface area (Å²) in [6.45, 7) is 2.99. The Balaban J connectivity index is 1.72. The average Bonchev–Trinajstić information content (AvgIpc) is 3.24. The summed E-state index contributed by atoms with van der Waals surface area (Å²) in [4.78, 5) is 27.5. The lowest BCUT2D eigenvalue weighted by Crippen LogP contribution is -2.43. The topological polar surface area (TPSA) is 64.4 Å². The van der Waals surface area contributed by atoms with Gasteiger partial charge in [0.15, 0.2) is 0 Å². The number of aromatic nitrogens is 2. The average molecular weight is 472 g/mol. The second kappa shape index (κ2) is 9.76. The van der Waals surface area contributed by atoms with Crippen LogP contribution in [0.3, 0.4) is 0 Å². The highest BCUT2D eigenvalue weighted by molar-refractivity contribution is 6.33. The molecule has 1 unspecified atom stereocenters. The zero-order chi connectivity index (χ0) is 22.7. The van der Waals surface area contributed by atoms with Crippen molar-refractivity contribution in [3.05, 3.63) is 70.3 Å². The third-order valence-electron chi connectivity index (χ3n) is 5.46. The molecule has 1 aliphatic rings. The molecule has 2 heterocycles. The number of carbonyl (C=O) groups is 2. The molecule has 2 aromatic carbocycles. The van der Waals surface area contributed by atoms with E-state index in [1.165, 1.54) is 0 Å². The normalized spacial score (nSPS) is 16.1. The van der Waals surface area contributed by atoms with Crippen molar-refractivity contribution in [1.29, 1.82) is 0 Å². The van der Waals surface area contributed by atoms with Gasteiger partial charge in [0.1, 0.15) is 5.69 Å². The maximum atomic E-state index is 13.6.